The zero-order valence-electron chi connectivity index (χ0n) is 5.56. The Kier molecular flexibility index (Phi) is 4.75. The summed E-state index contributed by atoms with van der Waals surface area (Å²) in [6, 6.07) is 0. The van der Waals surface area contributed by atoms with Crippen molar-refractivity contribution in [2.45, 2.75) is 23.4 Å². The molecule has 0 spiro atoms. The van der Waals surface area contributed by atoms with Crippen LogP contribution in [0.5, 0.6) is 0 Å². The molecule has 0 rings (SSSR count). The molecule has 0 aromatic heterocycles. The van der Waals surface area contributed by atoms with Gasteiger partial charge in [-0.25, -0.2) is 0 Å². The van der Waals surface area contributed by atoms with Crippen LogP contribution in [0.3, 0.4) is 0 Å². The van der Waals surface area contributed by atoms with E-state index in [0.29, 0.717) is 9.55 Å². The van der Waals surface area contributed by atoms with Gasteiger partial charge in [-0.1, -0.05) is 0 Å². The van der Waals surface area contributed by atoms with E-state index in [2.05, 4.69) is 0 Å². The fraction of sp³-hybridized carbons (Fsp3) is 1.00. The first-order valence-corrected chi connectivity index (χ1v) is 2.78. The molecule has 32 valence electrons. The molecular formula is C4H8Li2O. The number of hydrogen-bond acceptors (Lipinski definition) is 1. The Morgan fingerprint density at radius 3 is 1.43 bits per heavy atom. The Morgan fingerprint density at radius 2 is 1.43 bits per heavy atom. The zero-order chi connectivity index (χ0) is 5.86. The number of rotatable bonds is 2. The van der Waals surface area contributed by atoms with Crippen LogP contribution in [0.25, 0.3) is 0 Å². The van der Waals surface area contributed by atoms with E-state index in [1.54, 1.807) is 0 Å². The average molecular weight is 86.0 g/mol. The third-order valence-electron chi connectivity index (χ3n) is 0.544. The van der Waals surface area contributed by atoms with Gasteiger partial charge in [0.1, 0.15) is 0 Å². The van der Waals surface area contributed by atoms with E-state index in [9.17, 15) is 0 Å². The van der Waals surface area contributed by atoms with Crippen molar-refractivity contribution < 1.29 is 4.74 Å². The summed E-state index contributed by atoms with van der Waals surface area (Å²) in [6.45, 7) is 4.08. The van der Waals surface area contributed by atoms with E-state index in [1.807, 2.05) is 49.3 Å². The molecule has 0 aliphatic rings. The summed E-state index contributed by atoms with van der Waals surface area (Å²) in [5.41, 5.74) is 0. The predicted octanol–water partition coefficient (Wildman–Crippen LogP) is 0.0320. The second-order valence-electron chi connectivity index (χ2n) is 2.23. The van der Waals surface area contributed by atoms with Crippen molar-refractivity contribution in [3.05, 3.63) is 0 Å². The quantitative estimate of drug-likeness (QED) is 0.431. The van der Waals surface area contributed by atoms with Crippen molar-refractivity contribution in [1.29, 1.82) is 0 Å². The van der Waals surface area contributed by atoms with Gasteiger partial charge in [-0.3, -0.25) is 0 Å². The Labute approximate surface area is 63.6 Å². The van der Waals surface area contributed by atoms with Crippen molar-refractivity contribution in [3.63, 3.8) is 0 Å². The van der Waals surface area contributed by atoms with Crippen molar-refractivity contribution in [2.24, 2.45) is 0 Å². The molecular weight excluding hydrogens is 77.9 g/mol. The van der Waals surface area contributed by atoms with Gasteiger partial charge in [0.15, 0.2) is 0 Å². The Bertz CT molecular complexity index is 39.0. The Morgan fingerprint density at radius 1 is 1.14 bits per heavy atom. The van der Waals surface area contributed by atoms with Crippen LogP contribution in [-0.4, -0.2) is 45.0 Å². The number of hydrogen-bond donors (Lipinski definition) is 0. The van der Waals surface area contributed by atoms with Gasteiger partial charge in [0.25, 0.3) is 0 Å². The molecule has 0 N–H and O–H groups in total. The second kappa shape index (κ2) is 4.08. The van der Waals surface area contributed by atoms with Gasteiger partial charge in [-0.15, -0.1) is 0 Å². The van der Waals surface area contributed by atoms with Gasteiger partial charge >= 0.3 is 63.6 Å². The number of ether oxygens (including phenoxy) is 1. The summed E-state index contributed by atoms with van der Waals surface area (Å²) in [7, 11) is 0. The molecule has 2 unspecified atom stereocenters. The standard InChI is InChI=1S/C4H8O.2Li/c1-3-5-4-2;;/h3-4H,1-2H3;;. The van der Waals surface area contributed by atoms with Gasteiger partial charge in [0.2, 0.25) is 0 Å². The van der Waals surface area contributed by atoms with E-state index >= 15 is 0 Å². The van der Waals surface area contributed by atoms with Gasteiger partial charge in [-0.2, -0.15) is 0 Å². The SMILES string of the molecule is [Li][CH](C)O[CH]([Li])C. The molecule has 0 saturated heterocycles. The van der Waals surface area contributed by atoms with Gasteiger partial charge in [0.05, 0.1) is 0 Å². The predicted molar refractivity (Wildman–Crippen MR) is 31.5 cm³/mol. The second-order valence-corrected chi connectivity index (χ2v) is 2.23. The van der Waals surface area contributed by atoms with Crippen LogP contribution in [-0.2, 0) is 4.74 Å². The minimum absolute atomic E-state index is 0.375. The molecule has 0 aliphatic carbocycles. The average Bonchev–Trinajstić information content (AvgIpc) is 1.27. The molecule has 7 heavy (non-hydrogen) atoms. The molecule has 2 atom stereocenters. The molecule has 0 radical (unpaired) electrons. The molecule has 0 amide bonds. The summed E-state index contributed by atoms with van der Waals surface area (Å²) in [6.07, 6.45) is 0. The molecule has 0 heterocycles. The summed E-state index contributed by atoms with van der Waals surface area (Å²) < 4.78 is 6.00. The molecule has 0 aliphatic heterocycles. The van der Waals surface area contributed by atoms with E-state index in [0.717, 1.165) is 0 Å². The van der Waals surface area contributed by atoms with E-state index < -0.39 is 0 Å². The van der Waals surface area contributed by atoms with Crippen LogP contribution in [0.2, 0.25) is 0 Å². The van der Waals surface area contributed by atoms with Crippen LogP contribution in [0, 0.1) is 0 Å². The third-order valence-corrected chi connectivity index (χ3v) is 0.544. The first kappa shape index (κ1) is 8.15. The summed E-state index contributed by atoms with van der Waals surface area (Å²) in [5, 5.41) is 0. The van der Waals surface area contributed by atoms with Crippen LogP contribution < -0.4 is 0 Å². The fourth-order valence-electron chi connectivity index (χ4n) is 0.544. The molecule has 0 aromatic carbocycles. The summed E-state index contributed by atoms with van der Waals surface area (Å²) in [4.78, 5) is 0. The van der Waals surface area contributed by atoms with Crippen molar-refractivity contribution in [2.75, 3.05) is 0 Å². The Balaban J connectivity index is 2.95. The summed E-state index contributed by atoms with van der Waals surface area (Å²) in [5.74, 6) is 0. The van der Waals surface area contributed by atoms with Crippen molar-refractivity contribution in [1.82, 2.24) is 0 Å². The van der Waals surface area contributed by atoms with Gasteiger partial charge in [-0.05, 0) is 0 Å². The van der Waals surface area contributed by atoms with Gasteiger partial charge in [0, 0.05) is 0 Å². The molecule has 3 heteroatoms. The van der Waals surface area contributed by atoms with Crippen LogP contribution in [0.15, 0.2) is 0 Å². The van der Waals surface area contributed by atoms with Crippen LogP contribution in [0.1, 0.15) is 13.8 Å². The molecule has 1 nitrogen and oxygen atoms in total. The summed E-state index contributed by atoms with van der Waals surface area (Å²) >= 11 is 4.08. The van der Waals surface area contributed by atoms with E-state index in [4.69, 9.17) is 4.74 Å². The molecule has 0 saturated carbocycles. The zero-order valence-corrected chi connectivity index (χ0v) is 5.56. The van der Waals surface area contributed by atoms with Crippen molar-refractivity contribution in [3.8, 4) is 0 Å². The van der Waals surface area contributed by atoms with Crippen LogP contribution in [0.4, 0.5) is 0 Å². The maximum atomic E-state index is 5.25. The Hall–Kier alpha value is 1.15. The monoisotopic (exact) mass is 86.1 g/mol. The van der Waals surface area contributed by atoms with Gasteiger partial charge < -0.3 is 0 Å². The minimum atomic E-state index is 0.375. The maximum absolute atomic E-state index is 5.25. The topological polar surface area (TPSA) is 9.23 Å². The molecule has 0 aromatic rings. The van der Waals surface area contributed by atoms with Crippen molar-refractivity contribution >= 4 is 35.4 Å². The third kappa shape index (κ3) is 7.15. The fourth-order valence-corrected chi connectivity index (χ4v) is 0.544. The molecule has 0 bridgehead atoms. The first-order valence-electron chi connectivity index (χ1n) is 2.78. The van der Waals surface area contributed by atoms with E-state index in [1.165, 1.54) is 0 Å². The normalized spacial score (nSPS) is 19.1. The van der Waals surface area contributed by atoms with Crippen LogP contribution >= 0.6 is 0 Å². The van der Waals surface area contributed by atoms with E-state index in [-0.39, 0.29) is 0 Å². The molecule has 0 fully saturated rings. The first-order chi connectivity index (χ1) is 3.13.